The van der Waals surface area contributed by atoms with Gasteiger partial charge in [-0.1, -0.05) is 13.8 Å². The highest BCUT2D eigenvalue weighted by Crippen LogP contribution is 2.33. The molecule has 1 N–H and O–H groups in total. The van der Waals surface area contributed by atoms with Gasteiger partial charge in [0.1, 0.15) is 0 Å². The normalized spacial score (nSPS) is 18.2. The molecule has 1 atom stereocenters. The molecule has 1 unspecified atom stereocenters. The van der Waals surface area contributed by atoms with Crippen LogP contribution in [0.25, 0.3) is 0 Å². The molecule has 0 spiro atoms. The van der Waals surface area contributed by atoms with E-state index in [2.05, 4.69) is 13.8 Å². The van der Waals surface area contributed by atoms with Crippen LogP contribution in [0, 0.1) is 5.92 Å². The zero-order chi connectivity index (χ0) is 13.8. The van der Waals surface area contributed by atoms with Crippen molar-refractivity contribution < 1.29 is 9.90 Å². The fourth-order valence-corrected chi connectivity index (χ4v) is 3.97. The maximum atomic E-state index is 12.6. The molecule has 1 aliphatic rings. The van der Waals surface area contributed by atoms with Crippen LogP contribution in [0.15, 0.2) is 5.38 Å². The third-order valence-electron chi connectivity index (χ3n) is 3.78. The lowest BCUT2D eigenvalue weighted by molar-refractivity contribution is 0.0721. The Labute approximate surface area is 119 Å². The Bertz CT molecular complexity index is 435. The fourth-order valence-electron chi connectivity index (χ4n) is 2.73. The second-order valence-corrected chi connectivity index (χ2v) is 6.38. The minimum absolute atomic E-state index is 0.0368. The van der Waals surface area contributed by atoms with Gasteiger partial charge in [-0.15, -0.1) is 11.3 Å². The number of hydrogen-bond donors (Lipinski definition) is 1. The number of aliphatic hydroxyl groups excluding tert-OH is 1. The van der Waals surface area contributed by atoms with Crippen molar-refractivity contribution in [3.63, 3.8) is 0 Å². The van der Waals surface area contributed by atoms with Gasteiger partial charge in [0.15, 0.2) is 0 Å². The van der Waals surface area contributed by atoms with Gasteiger partial charge in [0, 0.05) is 23.3 Å². The summed E-state index contributed by atoms with van der Waals surface area (Å²) < 4.78 is 0. The van der Waals surface area contributed by atoms with Crippen molar-refractivity contribution in [2.24, 2.45) is 5.92 Å². The van der Waals surface area contributed by atoms with E-state index < -0.39 is 0 Å². The van der Waals surface area contributed by atoms with E-state index in [9.17, 15) is 4.79 Å². The molecule has 1 aromatic heterocycles. The summed E-state index contributed by atoms with van der Waals surface area (Å²) >= 11 is 1.73. The van der Waals surface area contributed by atoms with Crippen molar-refractivity contribution in [3.8, 4) is 0 Å². The van der Waals surface area contributed by atoms with Crippen LogP contribution < -0.4 is 0 Å². The first-order chi connectivity index (χ1) is 9.17. The number of carbonyl (C=O) groups excluding carboxylic acids is 1. The Balaban J connectivity index is 2.19. The maximum absolute atomic E-state index is 12.6. The molecule has 0 bridgehead atoms. The lowest BCUT2D eigenvalue weighted by Crippen LogP contribution is -2.34. The quantitative estimate of drug-likeness (QED) is 0.901. The zero-order valence-corrected chi connectivity index (χ0v) is 12.6. The number of aliphatic hydroxyl groups is 1. The van der Waals surface area contributed by atoms with E-state index in [1.807, 2.05) is 5.38 Å². The third kappa shape index (κ3) is 3.18. The van der Waals surface area contributed by atoms with Crippen molar-refractivity contribution in [2.45, 2.75) is 39.5 Å². The van der Waals surface area contributed by atoms with Gasteiger partial charge >= 0.3 is 0 Å². The molecule has 19 heavy (non-hydrogen) atoms. The van der Waals surface area contributed by atoms with Crippen LogP contribution in [-0.2, 0) is 12.8 Å². The molecule has 1 heterocycles. The SMILES string of the molecule is CCCN(CCO)C(=O)c1csc2c1CCC(C)C2. The Morgan fingerprint density at radius 3 is 3.00 bits per heavy atom. The number of amides is 1. The predicted octanol–water partition coefficient (Wildman–Crippen LogP) is 2.72. The van der Waals surface area contributed by atoms with Crippen LogP contribution in [0.2, 0.25) is 0 Å². The lowest BCUT2D eigenvalue weighted by Gasteiger charge is -2.23. The van der Waals surface area contributed by atoms with E-state index in [1.54, 1.807) is 16.2 Å². The molecule has 0 fully saturated rings. The summed E-state index contributed by atoms with van der Waals surface area (Å²) in [6.45, 7) is 5.53. The van der Waals surface area contributed by atoms with Gasteiger partial charge in [-0.25, -0.2) is 0 Å². The molecule has 1 amide bonds. The molecular formula is C15H23NO2S. The molecule has 2 rings (SSSR count). The predicted molar refractivity (Wildman–Crippen MR) is 78.8 cm³/mol. The Hall–Kier alpha value is -0.870. The Kier molecular flexibility index (Phi) is 4.99. The number of thiophene rings is 1. The lowest BCUT2D eigenvalue weighted by atomic mass is 9.88. The molecule has 1 aliphatic carbocycles. The molecule has 0 aliphatic heterocycles. The molecule has 106 valence electrons. The molecule has 0 saturated heterocycles. The van der Waals surface area contributed by atoms with Gasteiger partial charge < -0.3 is 10.0 Å². The first kappa shape index (κ1) is 14.5. The highest BCUT2D eigenvalue weighted by Gasteiger charge is 2.25. The largest absolute Gasteiger partial charge is 0.395 e. The van der Waals surface area contributed by atoms with E-state index >= 15 is 0 Å². The number of nitrogens with zero attached hydrogens (tertiary/aromatic N) is 1. The van der Waals surface area contributed by atoms with Crippen molar-refractivity contribution >= 4 is 17.2 Å². The van der Waals surface area contributed by atoms with Crippen LogP contribution in [0.3, 0.4) is 0 Å². The topological polar surface area (TPSA) is 40.5 Å². The smallest absolute Gasteiger partial charge is 0.255 e. The van der Waals surface area contributed by atoms with Gasteiger partial charge in [0.05, 0.1) is 12.2 Å². The average molecular weight is 281 g/mol. The van der Waals surface area contributed by atoms with E-state index in [4.69, 9.17) is 5.11 Å². The second kappa shape index (κ2) is 6.53. The molecule has 0 aromatic carbocycles. The first-order valence-electron chi connectivity index (χ1n) is 7.16. The van der Waals surface area contributed by atoms with Gasteiger partial charge in [-0.2, -0.15) is 0 Å². The van der Waals surface area contributed by atoms with Gasteiger partial charge in [-0.3, -0.25) is 4.79 Å². The Morgan fingerprint density at radius 1 is 1.53 bits per heavy atom. The highest BCUT2D eigenvalue weighted by molar-refractivity contribution is 7.10. The summed E-state index contributed by atoms with van der Waals surface area (Å²) in [5.74, 6) is 0.834. The third-order valence-corrected chi connectivity index (χ3v) is 4.83. The number of fused-ring (bicyclic) bond motifs is 1. The van der Waals surface area contributed by atoms with Gasteiger partial charge in [0.25, 0.3) is 5.91 Å². The van der Waals surface area contributed by atoms with Crippen molar-refractivity contribution in [2.75, 3.05) is 19.7 Å². The minimum atomic E-state index is 0.0368. The minimum Gasteiger partial charge on any atom is -0.395 e. The van der Waals surface area contributed by atoms with Gasteiger partial charge in [-0.05, 0) is 37.2 Å². The number of carbonyl (C=O) groups is 1. The molecule has 1 aromatic rings. The number of rotatable bonds is 5. The monoisotopic (exact) mass is 281 g/mol. The summed E-state index contributed by atoms with van der Waals surface area (Å²) in [5.41, 5.74) is 2.15. The van der Waals surface area contributed by atoms with Crippen molar-refractivity contribution in [1.29, 1.82) is 0 Å². The first-order valence-corrected chi connectivity index (χ1v) is 8.04. The summed E-state index contributed by atoms with van der Waals surface area (Å²) in [7, 11) is 0. The summed E-state index contributed by atoms with van der Waals surface area (Å²) in [5, 5.41) is 11.1. The Morgan fingerprint density at radius 2 is 2.32 bits per heavy atom. The fraction of sp³-hybridized carbons (Fsp3) is 0.667. The van der Waals surface area contributed by atoms with Crippen LogP contribution >= 0.6 is 11.3 Å². The van der Waals surface area contributed by atoms with E-state index in [-0.39, 0.29) is 12.5 Å². The maximum Gasteiger partial charge on any atom is 0.255 e. The number of hydrogen-bond acceptors (Lipinski definition) is 3. The second-order valence-electron chi connectivity index (χ2n) is 5.41. The van der Waals surface area contributed by atoms with Crippen molar-refractivity contribution in [3.05, 3.63) is 21.4 Å². The average Bonchev–Trinajstić information content (AvgIpc) is 2.80. The molecule has 4 heteroatoms. The zero-order valence-electron chi connectivity index (χ0n) is 11.8. The molecule has 3 nitrogen and oxygen atoms in total. The standard InChI is InChI=1S/C15H23NO2S/c1-3-6-16(7-8-17)15(18)13-10-19-14-9-11(2)4-5-12(13)14/h10-11,17H,3-9H2,1-2H3. The summed E-state index contributed by atoms with van der Waals surface area (Å²) in [6, 6.07) is 0. The van der Waals surface area contributed by atoms with Crippen LogP contribution in [-0.4, -0.2) is 35.6 Å². The van der Waals surface area contributed by atoms with Crippen LogP contribution in [0.4, 0.5) is 0 Å². The molecule has 0 saturated carbocycles. The van der Waals surface area contributed by atoms with E-state index in [0.717, 1.165) is 37.3 Å². The highest BCUT2D eigenvalue weighted by atomic mass is 32.1. The van der Waals surface area contributed by atoms with E-state index in [1.165, 1.54) is 16.9 Å². The van der Waals surface area contributed by atoms with Crippen molar-refractivity contribution in [1.82, 2.24) is 4.90 Å². The summed E-state index contributed by atoms with van der Waals surface area (Å²) in [6.07, 6.45) is 4.24. The van der Waals surface area contributed by atoms with Crippen LogP contribution in [0.1, 0.15) is 47.5 Å². The molecular weight excluding hydrogens is 258 g/mol. The molecule has 0 radical (unpaired) electrons. The van der Waals surface area contributed by atoms with Crippen LogP contribution in [0.5, 0.6) is 0 Å². The van der Waals surface area contributed by atoms with Gasteiger partial charge in [0.2, 0.25) is 0 Å². The van der Waals surface area contributed by atoms with E-state index in [0.29, 0.717) is 6.54 Å². The summed E-state index contributed by atoms with van der Waals surface area (Å²) in [4.78, 5) is 15.7.